The van der Waals surface area contributed by atoms with Crippen LogP contribution in [0.4, 0.5) is 5.69 Å². The van der Waals surface area contributed by atoms with Crippen molar-refractivity contribution < 1.29 is 4.79 Å². The molecular weight excluding hydrogens is 276 g/mol. The van der Waals surface area contributed by atoms with E-state index in [1.54, 1.807) is 30.3 Å². The van der Waals surface area contributed by atoms with Crippen molar-refractivity contribution in [3.8, 4) is 0 Å². The fourth-order valence-electron chi connectivity index (χ4n) is 1.82. The SMILES string of the molecule is Cn1cnc(CNC(=O)c2sc3ncccc3c2N)n1. The zero-order chi connectivity index (χ0) is 14.1. The van der Waals surface area contributed by atoms with Crippen molar-refractivity contribution in [3.05, 3.63) is 35.4 Å². The van der Waals surface area contributed by atoms with Crippen LogP contribution >= 0.6 is 11.3 Å². The van der Waals surface area contributed by atoms with Gasteiger partial charge < -0.3 is 11.1 Å². The summed E-state index contributed by atoms with van der Waals surface area (Å²) in [6.45, 7) is 0.265. The van der Waals surface area contributed by atoms with Gasteiger partial charge in [-0.25, -0.2) is 9.97 Å². The molecule has 0 spiro atoms. The summed E-state index contributed by atoms with van der Waals surface area (Å²) in [7, 11) is 1.77. The van der Waals surface area contributed by atoms with Crippen LogP contribution in [0.5, 0.6) is 0 Å². The van der Waals surface area contributed by atoms with Crippen LogP contribution in [-0.4, -0.2) is 25.7 Å². The van der Waals surface area contributed by atoms with Crippen molar-refractivity contribution in [2.45, 2.75) is 6.54 Å². The van der Waals surface area contributed by atoms with Gasteiger partial charge in [0.05, 0.1) is 12.2 Å². The number of aryl methyl sites for hydroxylation is 1. The van der Waals surface area contributed by atoms with Crippen molar-refractivity contribution >= 4 is 33.1 Å². The zero-order valence-electron chi connectivity index (χ0n) is 10.7. The first-order valence-corrected chi connectivity index (χ1v) is 6.72. The van der Waals surface area contributed by atoms with Crippen LogP contribution in [0.1, 0.15) is 15.5 Å². The van der Waals surface area contributed by atoms with E-state index in [1.807, 2.05) is 6.07 Å². The van der Waals surface area contributed by atoms with E-state index in [-0.39, 0.29) is 12.5 Å². The highest BCUT2D eigenvalue weighted by Gasteiger charge is 2.16. The molecule has 0 atom stereocenters. The van der Waals surface area contributed by atoms with Crippen molar-refractivity contribution in [2.24, 2.45) is 7.05 Å². The Morgan fingerprint density at radius 3 is 3.05 bits per heavy atom. The van der Waals surface area contributed by atoms with E-state index in [0.717, 1.165) is 10.2 Å². The molecule has 0 aliphatic carbocycles. The smallest absolute Gasteiger partial charge is 0.263 e. The maximum Gasteiger partial charge on any atom is 0.263 e. The summed E-state index contributed by atoms with van der Waals surface area (Å²) in [4.78, 5) is 21.6. The molecule has 1 amide bonds. The molecule has 3 aromatic heterocycles. The van der Waals surface area contributed by atoms with Crippen LogP contribution in [0.15, 0.2) is 24.7 Å². The molecule has 3 rings (SSSR count). The first-order valence-electron chi connectivity index (χ1n) is 5.91. The summed E-state index contributed by atoms with van der Waals surface area (Å²) < 4.78 is 1.58. The number of carbonyl (C=O) groups is 1. The molecule has 3 heterocycles. The Morgan fingerprint density at radius 1 is 1.50 bits per heavy atom. The van der Waals surface area contributed by atoms with E-state index in [9.17, 15) is 4.79 Å². The van der Waals surface area contributed by atoms with Gasteiger partial charge >= 0.3 is 0 Å². The average Bonchev–Trinajstić information content (AvgIpc) is 3.01. The van der Waals surface area contributed by atoms with Gasteiger partial charge in [-0.15, -0.1) is 11.3 Å². The Balaban J connectivity index is 1.80. The number of nitrogen functional groups attached to an aromatic ring is 1. The maximum absolute atomic E-state index is 12.1. The molecule has 0 unspecified atom stereocenters. The lowest BCUT2D eigenvalue weighted by molar-refractivity contribution is 0.0955. The summed E-state index contributed by atoms with van der Waals surface area (Å²) in [5, 5.41) is 7.65. The number of anilines is 1. The van der Waals surface area contributed by atoms with Crippen LogP contribution in [0.2, 0.25) is 0 Å². The summed E-state index contributed by atoms with van der Waals surface area (Å²) in [5.74, 6) is 0.316. The van der Waals surface area contributed by atoms with Gasteiger partial charge in [0.1, 0.15) is 16.0 Å². The van der Waals surface area contributed by atoms with Crippen LogP contribution in [0.25, 0.3) is 10.2 Å². The lowest BCUT2D eigenvalue weighted by Crippen LogP contribution is -2.23. The lowest BCUT2D eigenvalue weighted by Gasteiger charge is -2.01. The van der Waals surface area contributed by atoms with Gasteiger partial charge in [0.15, 0.2) is 5.82 Å². The van der Waals surface area contributed by atoms with Gasteiger partial charge in [0.25, 0.3) is 5.91 Å². The standard InChI is InChI=1S/C12H12N6OS/c1-18-6-16-8(17-18)5-15-11(19)10-9(13)7-3-2-4-14-12(7)20-10/h2-4,6H,5,13H2,1H3,(H,15,19). The first-order chi connectivity index (χ1) is 9.65. The van der Waals surface area contributed by atoms with E-state index in [2.05, 4.69) is 20.4 Å². The molecule has 7 nitrogen and oxygen atoms in total. The number of aromatic nitrogens is 4. The minimum absolute atomic E-state index is 0.238. The summed E-state index contributed by atoms with van der Waals surface area (Å²) in [6.07, 6.45) is 3.26. The number of thiophene rings is 1. The minimum Gasteiger partial charge on any atom is -0.397 e. The highest BCUT2D eigenvalue weighted by atomic mass is 32.1. The largest absolute Gasteiger partial charge is 0.397 e. The number of carbonyl (C=O) groups excluding carboxylic acids is 1. The highest BCUT2D eigenvalue weighted by Crippen LogP contribution is 2.31. The van der Waals surface area contributed by atoms with E-state index < -0.39 is 0 Å². The molecule has 0 saturated heterocycles. The van der Waals surface area contributed by atoms with Gasteiger partial charge in [0.2, 0.25) is 0 Å². The number of nitrogens with zero attached hydrogens (tertiary/aromatic N) is 4. The zero-order valence-corrected chi connectivity index (χ0v) is 11.5. The molecule has 0 saturated carbocycles. The third kappa shape index (κ3) is 2.21. The third-order valence-electron chi connectivity index (χ3n) is 2.77. The average molecular weight is 288 g/mol. The molecule has 0 aromatic carbocycles. The summed E-state index contributed by atoms with van der Waals surface area (Å²) in [5.41, 5.74) is 6.45. The molecule has 0 aliphatic heterocycles. The number of amides is 1. The molecule has 0 radical (unpaired) electrons. The second-order valence-electron chi connectivity index (χ2n) is 4.22. The fourth-order valence-corrected chi connectivity index (χ4v) is 2.80. The van der Waals surface area contributed by atoms with E-state index in [0.29, 0.717) is 16.4 Å². The number of hydrogen-bond acceptors (Lipinski definition) is 6. The second kappa shape index (κ2) is 4.89. The molecule has 8 heteroatoms. The van der Waals surface area contributed by atoms with Gasteiger partial charge in [-0.05, 0) is 12.1 Å². The number of fused-ring (bicyclic) bond motifs is 1. The molecule has 3 aromatic rings. The molecular formula is C12H12N6OS. The number of pyridine rings is 1. The Kier molecular flexibility index (Phi) is 3.07. The second-order valence-corrected chi connectivity index (χ2v) is 5.22. The van der Waals surface area contributed by atoms with E-state index in [4.69, 9.17) is 5.73 Å². The van der Waals surface area contributed by atoms with Crippen molar-refractivity contribution in [3.63, 3.8) is 0 Å². The Bertz CT molecular complexity index is 777. The normalized spacial score (nSPS) is 10.8. The van der Waals surface area contributed by atoms with Gasteiger partial charge in [-0.2, -0.15) is 5.10 Å². The topological polar surface area (TPSA) is 98.7 Å². The van der Waals surface area contributed by atoms with Gasteiger partial charge in [0, 0.05) is 18.6 Å². The molecule has 0 fully saturated rings. The van der Waals surface area contributed by atoms with Crippen LogP contribution in [0, 0.1) is 0 Å². The molecule has 3 N–H and O–H groups in total. The summed E-state index contributed by atoms with van der Waals surface area (Å²) >= 11 is 1.28. The monoisotopic (exact) mass is 288 g/mol. The molecule has 20 heavy (non-hydrogen) atoms. The Labute approximate surface area is 118 Å². The lowest BCUT2D eigenvalue weighted by atomic mass is 10.2. The number of nitrogens with two attached hydrogens (primary N) is 1. The maximum atomic E-state index is 12.1. The van der Waals surface area contributed by atoms with E-state index in [1.165, 1.54) is 11.3 Å². The molecule has 0 bridgehead atoms. The van der Waals surface area contributed by atoms with Gasteiger partial charge in [-0.1, -0.05) is 0 Å². The number of hydrogen-bond donors (Lipinski definition) is 2. The van der Waals surface area contributed by atoms with Crippen LogP contribution in [0.3, 0.4) is 0 Å². The third-order valence-corrected chi connectivity index (χ3v) is 3.89. The highest BCUT2D eigenvalue weighted by molar-refractivity contribution is 7.21. The number of rotatable bonds is 3. The van der Waals surface area contributed by atoms with Gasteiger partial charge in [-0.3, -0.25) is 9.48 Å². The quantitative estimate of drug-likeness (QED) is 0.747. The fraction of sp³-hybridized carbons (Fsp3) is 0.167. The van der Waals surface area contributed by atoms with Crippen molar-refractivity contribution in [1.29, 1.82) is 0 Å². The Morgan fingerprint density at radius 2 is 2.35 bits per heavy atom. The molecule has 102 valence electrons. The number of nitrogens with one attached hydrogen (secondary N) is 1. The van der Waals surface area contributed by atoms with Crippen molar-refractivity contribution in [2.75, 3.05) is 5.73 Å². The predicted octanol–water partition coefficient (Wildman–Crippen LogP) is 0.937. The predicted molar refractivity (Wildman–Crippen MR) is 76.2 cm³/mol. The van der Waals surface area contributed by atoms with E-state index >= 15 is 0 Å². The first kappa shape index (κ1) is 12.5. The van der Waals surface area contributed by atoms with Crippen LogP contribution in [-0.2, 0) is 13.6 Å². The molecule has 0 aliphatic rings. The summed E-state index contributed by atoms with van der Waals surface area (Å²) in [6, 6.07) is 3.65. The Hall–Kier alpha value is -2.48. The van der Waals surface area contributed by atoms with Crippen LogP contribution < -0.4 is 11.1 Å². The minimum atomic E-state index is -0.238. The van der Waals surface area contributed by atoms with Crippen molar-refractivity contribution in [1.82, 2.24) is 25.1 Å².